The second-order valence-electron chi connectivity index (χ2n) is 5.64. The third-order valence-electron chi connectivity index (χ3n) is 2.46. The lowest BCUT2D eigenvalue weighted by molar-refractivity contribution is 0.240. The van der Waals surface area contributed by atoms with Crippen LogP contribution in [0.5, 0.6) is 0 Å². The van der Waals surface area contributed by atoms with E-state index in [1.165, 1.54) is 16.6 Å². The maximum Gasteiger partial charge on any atom is 0.260 e. The largest absolute Gasteiger partial charge is 0.396 e. The summed E-state index contributed by atoms with van der Waals surface area (Å²) in [4.78, 5) is 3.92. The van der Waals surface area contributed by atoms with Crippen LogP contribution < -0.4 is 0 Å². The lowest BCUT2D eigenvalue weighted by atomic mass is 9.97. The standard InChI is InChI=1S/C13H22N2O3S/c1-13(2,3)11-15(9-6-10-16)19(17,18)12-7-4-5-8-14-12/h4-5,7-8,16H,6,9-11H2,1-3H3. The van der Waals surface area contributed by atoms with Crippen LogP contribution in [0.15, 0.2) is 29.4 Å². The monoisotopic (exact) mass is 286 g/mol. The fourth-order valence-corrected chi connectivity index (χ4v) is 3.33. The van der Waals surface area contributed by atoms with Crippen LogP contribution in [0.25, 0.3) is 0 Å². The van der Waals surface area contributed by atoms with Gasteiger partial charge in [0.15, 0.2) is 5.03 Å². The first-order chi connectivity index (χ1) is 8.77. The van der Waals surface area contributed by atoms with Gasteiger partial charge < -0.3 is 5.11 Å². The molecule has 0 unspecified atom stereocenters. The number of aromatic nitrogens is 1. The number of rotatable bonds is 6. The molecular weight excluding hydrogens is 264 g/mol. The summed E-state index contributed by atoms with van der Waals surface area (Å²) in [6.45, 7) is 6.60. The Morgan fingerprint density at radius 2 is 2.00 bits per heavy atom. The Morgan fingerprint density at radius 1 is 1.32 bits per heavy atom. The molecule has 1 aromatic rings. The lowest BCUT2D eigenvalue weighted by Gasteiger charge is -2.28. The van der Waals surface area contributed by atoms with Gasteiger partial charge in [-0.2, -0.15) is 4.31 Å². The van der Waals surface area contributed by atoms with Crippen molar-refractivity contribution in [2.45, 2.75) is 32.2 Å². The second kappa shape index (κ2) is 6.45. The minimum atomic E-state index is -3.60. The van der Waals surface area contributed by atoms with E-state index in [-0.39, 0.29) is 17.0 Å². The summed E-state index contributed by atoms with van der Waals surface area (Å²) >= 11 is 0. The van der Waals surface area contributed by atoms with E-state index in [0.29, 0.717) is 19.5 Å². The molecule has 5 nitrogen and oxygen atoms in total. The normalized spacial score (nSPS) is 12.9. The summed E-state index contributed by atoms with van der Waals surface area (Å²) in [7, 11) is -3.60. The van der Waals surface area contributed by atoms with Gasteiger partial charge in [0, 0.05) is 25.9 Å². The van der Waals surface area contributed by atoms with E-state index < -0.39 is 10.0 Å². The average Bonchev–Trinajstić information content (AvgIpc) is 2.34. The quantitative estimate of drug-likeness (QED) is 0.860. The Morgan fingerprint density at radius 3 is 2.47 bits per heavy atom. The molecule has 0 atom stereocenters. The Hall–Kier alpha value is -0.980. The maximum atomic E-state index is 12.5. The molecule has 0 fully saturated rings. The number of hydrogen-bond acceptors (Lipinski definition) is 4. The van der Waals surface area contributed by atoms with Crippen molar-refractivity contribution < 1.29 is 13.5 Å². The highest BCUT2D eigenvalue weighted by Crippen LogP contribution is 2.21. The van der Waals surface area contributed by atoms with Crippen molar-refractivity contribution in [1.82, 2.24) is 9.29 Å². The number of sulfonamides is 1. The summed E-state index contributed by atoms with van der Waals surface area (Å²) in [5, 5.41) is 8.97. The number of aliphatic hydroxyl groups is 1. The SMILES string of the molecule is CC(C)(C)CN(CCCO)S(=O)(=O)c1ccccn1. The molecule has 19 heavy (non-hydrogen) atoms. The van der Waals surface area contributed by atoms with Gasteiger partial charge in [0.05, 0.1) is 0 Å². The van der Waals surface area contributed by atoms with Gasteiger partial charge in [-0.15, -0.1) is 0 Å². The Kier molecular flexibility index (Phi) is 5.46. The van der Waals surface area contributed by atoms with Gasteiger partial charge in [-0.3, -0.25) is 0 Å². The molecule has 1 aromatic heterocycles. The zero-order valence-electron chi connectivity index (χ0n) is 11.7. The molecular formula is C13H22N2O3S. The molecule has 6 heteroatoms. The van der Waals surface area contributed by atoms with Crippen LogP contribution >= 0.6 is 0 Å². The third-order valence-corrected chi connectivity index (χ3v) is 4.22. The van der Waals surface area contributed by atoms with Crippen molar-refractivity contribution in [2.24, 2.45) is 5.41 Å². The van der Waals surface area contributed by atoms with Crippen LogP contribution in [0.1, 0.15) is 27.2 Å². The van der Waals surface area contributed by atoms with Gasteiger partial charge in [0.25, 0.3) is 10.0 Å². The van der Waals surface area contributed by atoms with E-state index in [1.54, 1.807) is 12.1 Å². The van der Waals surface area contributed by atoms with Crippen LogP contribution in [-0.4, -0.2) is 42.5 Å². The molecule has 0 aliphatic heterocycles. The summed E-state index contributed by atoms with van der Waals surface area (Å²) in [6, 6.07) is 4.83. The topological polar surface area (TPSA) is 70.5 Å². The lowest BCUT2D eigenvalue weighted by Crippen LogP contribution is -2.39. The number of pyridine rings is 1. The zero-order chi connectivity index (χ0) is 14.5. The van der Waals surface area contributed by atoms with E-state index in [9.17, 15) is 8.42 Å². The van der Waals surface area contributed by atoms with Gasteiger partial charge in [-0.1, -0.05) is 26.8 Å². The van der Waals surface area contributed by atoms with Crippen LogP contribution in [0.2, 0.25) is 0 Å². The summed E-state index contributed by atoms with van der Waals surface area (Å²) < 4.78 is 26.4. The van der Waals surface area contributed by atoms with Gasteiger partial charge in [-0.25, -0.2) is 13.4 Å². The molecule has 0 saturated heterocycles. The smallest absolute Gasteiger partial charge is 0.260 e. The van der Waals surface area contributed by atoms with Gasteiger partial charge in [-0.05, 0) is 24.0 Å². The van der Waals surface area contributed by atoms with Crippen molar-refractivity contribution in [1.29, 1.82) is 0 Å². The van der Waals surface area contributed by atoms with Crippen molar-refractivity contribution in [3.05, 3.63) is 24.4 Å². The molecule has 0 spiro atoms. The molecule has 108 valence electrons. The predicted octanol–water partition coefficient (Wildman–Crippen LogP) is 1.50. The van der Waals surface area contributed by atoms with Gasteiger partial charge in [0.2, 0.25) is 0 Å². The highest BCUT2D eigenvalue weighted by Gasteiger charge is 2.28. The van der Waals surface area contributed by atoms with Crippen molar-refractivity contribution in [3.63, 3.8) is 0 Å². The molecule has 0 aliphatic carbocycles. The number of nitrogens with zero attached hydrogens (tertiary/aromatic N) is 2. The fraction of sp³-hybridized carbons (Fsp3) is 0.615. The Balaban J connectivity index is 3.02. The van der Waals surface area contributed by atoms with Crippen LogP contribution in [-0.2, 0) is 10.0 Å². The Labute approximate surface area is 115 Å². The van der Waals surface area contributed by atoms with E-state index in [0.717, 1.165) is 0 Å². The van der Waals surface area contributed by atoms with E-state index >= 15 is 0 Å². The van der Waals surface area contributed by atoms with E-state index in [1.807, 2.05) is 20.8 Å². The van der Waals surface area contributed by atoms with Gasteiger partial charge >= 0.3 is 0 Å². The molecule has 0 bridgehead atoms. The van der Waals surface area contributed by atoms with Crippen LogP contribution in [0.4, 0.5) is 0 Å². The third kappa shape index (κ3) is 4.89. The first-order valence-electron chi connectivity index (χ1n) is 6.29. The Bertz CT molecular complexity index is 480. The summed E-state index contributed by atoms with van der Waals surface area (Å²) in [5.41, 5.74) is -0.155. The van der Waals surface area contributed by atoms with Crippen molar-refractivity contribution in [3.8, 4) is 0 Å². The molecule has 1 rings (SSSR count). The summed E-state index contributed by atoms with van der Waals surface area (Å²) in [5.74, 6) is 0. The first-order valence-corrected chi connectivity index (χ1v) is 7.73. The molecule has 1 N–H and O–H groups in total. The average molecular weight is 286 g/mol. The maximum absolute atomic E-state index is 12.5. The first kappa shape index (κ1) is 16.1. The van der Waals surface area contributed by atoms with Crippen molar-refractivity contribution >= 4 is 10.0 Å². The van der Waals surface area contributed by atoms with Crippen LogP contribution in [0.3, 0.4) is 0 Å². The summed E-state index contributed by atoms with van der Waals surface area (Å²) in [6.07, 6.45) is 1.89. The molecule has 0 aliphatic rings. The molecule has 0 radical (unpaired) electrons. The minimum absolute atomic E-state index is 0.0294. The number of aliphatic hydroxyl groups excluding tert-OH is 1. The zero-order valence-corrected chi connectivity index (χ0v) is 12.5. The highest BCUT2D eigenvalue weighted by atomic mass is 32.2. The molecule has 0 amide bonds. The number of hydrogen-bond donors (Lipinski definition) is 1. The molecule has 0 saturated carbocycles. The van der Waals surface area contributed by atoms with Crippen LogP contribution in [0, 0.1) is 5.41 Å². The fourth-order valence-electron chi connectivity index (χ4n) is 1.69. The second-order valence-corrected chi connectivity index (χ2v) is 7.53. The molecule has 0 aromatic carbocycles. The van der Waals surface area contributed by atoms with Gasteiger partial charge in [0.1, 0.15) is 0 Å². The minimum Gasteiger partial charge on any atom is -0.396 e. The predicted molar refractivity (Wildman–Crippen MR) is 74.2 cm³/mol. The van der Waals surface area contributed by atoms with Crippen molar-refractivity contribution in [2.75, 3.05) is 19.7 Å². The van der Waals surface area contributed by atoms with E-state index in [4.69, 9.17) is 5.11 Å². The highest BCUT2D eigenvalue weighted by molar-refractivity contribution is 7.89. The molecule has 1 heterocycles. The van der Waals surface area contributed by atoms with E-state index in [2.05, 4.69) is 4.98 Å².